The summed E-state index contributed by atoms with van der Waals surface area (Å²) < 4.78 is 0. The van der Waals surface area contributed by atoms with Gasteiger partial charge in [-0.1, -0.05) is 6.42 Å². The van der Waals surface area contributed by atoms with Crippen molar-refractivity contribution in [3.05, 3.63) is 0 Å². The Kier molecular flexibility index (Phi) is 7.94. The molecule has 1 saturated heterocycles. The van der Waals surface area contributed by atoms with Crippen molar-refractivity contribution < 1.29 is 19.2 Å². The number of likely N-dealkylation sites (N-methyl/N-ethyl adjacent to an activating group) is 1. The predicted molar refractivity (Wildman–Crippen MR) is 84.3 cm³/mol. The lowest BCUT2D eigenvalue weighted by Gasteiger charge is -2.13. The number of likely N-dealkylation sites (tertiary alicyclic amines) is 1. The molecule has 0 aliphatic carbocycles. The minimum absolute atomic E-state index is 0.00716. The quantitative estimate of drug-likeness (QED) is 0.312. The van der Waals surface area contributed by atoms with E-state index in [2.05, 4.69) is 23.3 Å². The van der Waals surface area contributed by atoms with Crippen LogP contribution in [0, 0.1) is 0 Å². The molecule has 4 amide bonds. The molecule has 0 spiro atoms. The normalized spacial score (nSPS) is 17.7. The van der Waals surface area contributed by atoms with Gasteiger partial charge in [0.1, 0.15) is 0 Å². The smallest absolute Gasteiger partial charge is 0.242 e. The van der Waals surface area contributed by atoms with Crippen molar-refractivity contribution in [2.24, 2.45) is 0 Å². The maximum absolute atomic E-state index is 11.6. The van der Waals surface area contributed by atoms with E-state index in [9.17, 15) is 19.2 Å². The topological polar surface area (TPSA) is 95.6 Å². The van der Waals surface area contributed by atoms with Crippen molar-refractivity contribution in [2.45, 2.75) is 44.3 Å². The lowest BCUT2D eigenvalue weighted by molar-refractivity contribution is -0.138. The fourth-order valence-electron chi connectivity index (χ4n) is 2.16. The second-order valence-corrected chi connectivity index (χ2v) is 5.77. The molecule has 0 bridgehead atoms. The van der Waals surface area contributed by atoms with Crippen LogP contribution in [-0.4, -0.2) is 53.4 Å². The van der Waals surface area contributed by atoms with Gasteiger partial charge >= 0.3 is 0 Å². The van der Waals surface area contributed by atoms with E-state index >= 15 is 0 Å². The second-order valence-electron chi connectivity index (χ2n) is 5.14. The maximum atomic E-state index is 11.6. The molecule has 124 valence electrons. The predicted octanol–water partition coefficient (Wildman–Crippen LogP) is -0.144. The number of carbonyl (C=O) groups excluding carboxylic acids is 4. The summed E-state index contributed by atoms with van der Waals surface area (Å²) in [6.45, 7) is 2.73. The third-order valence-electron chi connectivity index (χ3n) is 3.33. The van der Waals surface area contributed by atoms with Crippen LogP contribution >= 0.6 is 12.6 Å². The summed E-state index contributed by atoms with van der Waals surface area (Å²) in [5, 5.41) is 4.62. The molecule has 1 unspecified atom stereocenters. The molecule has 0 radical (unpaired) electrons. The van der Waals surface area contributed by atoms with Gasteiger partial charge in [-0.2, -0.15) is 12.6 Å². The Morgan fingerprint density at radius 3 is 2.50 bits per heavy atom. The molecule has 0 saturated carbocycles. The van der Waals surface area contributed by atoms with Crippen molar-refractivity contribution in [1.29, 1.82) is 0 Å². The molecular formula is C14H23N3O4S. The minimum Gasteiger partial charge on any atom is -0.355 e. The third kappa shape index (κ3) is 6.05. The standard InChI is InChI=1S/C14H23N3O4S/c1-2-15-12(19)9-16-11(18)6-4-3-5-7-17-13(20)8-10(22)14(17)21/h10,22H,2-9H2,1H3,(H,15,19)(H,16,18). The first-order valence-electron chi connectivity index (χ1n) is 7.51. The van der Waals surface area contributed by atoms with Crippen molar-refractivity contribution in [2.75, 3.05) is 19.6 Å². The SMILES string of the molecule is CCNC(=O)CNC(=O)CCCCCN1C(=O)CC(S)C1=O. The fraction of sp³-hybridized carbons (Fsp3) is 0.714. The first kappa shape index (κ1) is 18.5. The number of imide groups is 1. The van der Waals surface area contributed by atoms with Crippen LogP contribution in [0.2, 0.25) is 0 Å². The van der Waals surface area contributed by atoms with Gasteiger partial charge in [0, 0.05) is 25.9 Å². The summed E-state index contributed by atoms with van der Waals surface area (Å²) in [4.78, 5) is 47.0. The number of thiol groups is 1. The average Bonchev–Trinajstić information content (AvgIpc) is 2.71. The van der Waals surface area contributed by atoms with Crippen LogP contribution in [0.25, 0.3) is 0 Å². The lowest BCUT2D eigenvalue weighted by Crippen LogP contribution is -2.36. The zero-order valence-electron chi connectivity index (χ0n) is 12.8. The largest absolute Gasteiger partial charge is 0.355 e. The minimum atomic E-state index is -0.507. The van der Waals surface area contributed by atoms with Crippen LogP contribution in [0.5, 0.6) is 0 Å². The van der Waals surface area contributed by atoms with Gasteiger partial charge in [0.25, 0.3) is 0 Å². The molecule has 1 aliphatic heterocycles. The van der Waals surface area contributed by atoms with Crippen molar-refractivity contribution in [1.82, 2.24) is 15.5 Å². The number of hydrogen-bond donors (Lipinski definition) is 3. The van der Waals surface area contributed by atoms with Gasteiger partial charge in [0.05, 0.1) is 11.8 Å². The van der Waals surface area contributed by atoms with E-state index in [0.717, 1.165) is 6.42 Å². The van der Waals surface area contributed by atoms with Crippen LogP contribution in [0.15, 0.2) is 0 Å². The van der Waals surface area contributed by atoms with Crippen LogP contribution in [0.3, 0.4) is 0 Å². The summed E-state index contributed by atoms with van der Waals surface area (Å²) in [6, 6.07) is 0. The summed E-state index contributed by atoms with van der Waals surface area (Å²) in [6.07, 6.45) is 2.56. The number of rotatable bonds is 9. The molecule has 0 aromatic rings. The van der Waals surface area contributed by atoms with Crippen LogP contribution in [-0.2, 0) is 19.2 Å². The van der Waals surface area contributed by atoms with E-state index in [4.69, 9.17) is 0 Å². The number of carbonyl (C=O) groups is 4. The van der Waals surface area contributed by atoms with E-state index in [1.54, 1.807) is 0 Å². The zero-order chi connectivity index (χ0) is 16.5. The number of nitrogens with one attached hydrogen (secondary N) is 2. The van der Waals surface area contributed by atoms with Gasteiger partial charge < -0.3 is 10.6 Å². The Bertz CT molecular complexity index is 442. The third-order valence-corrected chi connectivity index (χ3v) is 3.73. The number of amides is 4. The average molecular weight is 329 g/mol. The van der Waals surface area contributed by atoms with Crippen LogP contribution in [0.1, 0.15) is 39.0 Å². The van der Waals surface area contributed by atoms with Crippen molar-refractivity contribution in [3.63, 3.8) is 0 Å². The first-order valence-corrected chi connectivity index (χ1v) is 8.03. The molecule has 1 aliphatic rings. The van der Waals surface area contributed by atoms with E-state index in [1.807, 2.05) is 6.92 Å². The highest BCUT2D eigenvalue weighted by Crippen LogP contribution is 2.18. The maximum Gasteiger partial charge on any atom is 0.242 e. The van der Waals surface area contributed by atoms with Gasteiger partial charge in [0.2, 0.25) is 23.6 Å². The van der Waals surface area contributed by atoms with E-state index in [0.29, 0.717) is 32.4 Å². The lowest BCUT2D eigenvalue weighted by atomic mass is 10.2. The van der Waals surface area contributed by atoms with Crippen LogP contribution < -0.4 is 10.6 Å². The summed E-state index contributed by atoms with van der Waals surface area (Å²) in [7, 11) is 0. The summed E-state index contributed by atoms with van der Waals surface area (Å²) >= 11 is 4.05. The van der Waals surface area contributed by atoms with Gasteiger partial charge in [-0.05, 0) is 19.8 Å². The molecule has 1 atom stereocenters. The van der Waals surface area contributed by atoms with Gasteiger partial charge in [0.15, 0.2) is 0 Å². The van der Waals surface area contributed by atoms with Gasteiger partial charge in [-0.3, -0.25) is 24.1 Å². The highest BCUT2D eigenvalue weighted by molar-refractivity contribution is 7.81. The molecule has 1 rings (SSSR count). The van der Waals surface area contributed by atoms with E-state index < -0.39 is 5.25 Å². The van der Waals surface area contributed by atoms with Crippen LogP contribution in [0.4, 0.5) is 0 Å². The number of hydrogen-bond acceptors (Lipinski definition) is 5. The Balaban J connectivity index is 2.08. The fourth-order valence-corrected chi connectivity index (χ4v) is 2.46. The molecule has 22 heavy (non-hydrogen) atoms. The number of nitrogens with zero attached hydrogens (tertiary/aromatic N) is 1. The van der Waals surface area contributed by atoms with E-state index in [1.165, 1.54) is 4.90 Å². The van der Waals surface area contributed by atoms with Crippen molar-refractivity contribution in [3.8, 4) is 0 Å². The van der Waals surface area contributed by atoms with Crippen molar-refractivity contribution >= 4 is 36.3 Å². The molecular weight excluding hydrogens is 306 g/mol. The van der Waals surface area contributed by atoms with Gasteiger partial charge in [-0.25, -0.2) is 0 Å². The van der Waals surface area contributed by atoms with E-state index in [-0.39, 0.29) is 36.6 Å². The second kappa shape index (κ2) is 9.45. The highest BCUT2D eigenvalue weighted by Gasteiger charge is 2.35. The summed E-state index contributed by atoms with van der Waals surface area (Å²) in [5.74, 6) is -0.782. The molecule has 0 aromatic heterocycles. The number of unbranched alkanes of at least 4 members (excludes halogenated alkanes) is 2. The highest BCUT2D eigenvalue weighted by atomic mass is 32.1. The molecule has 7 nitrogen and oxygen atoms in total. The molecule has 2 N–H and O–H groups in total. The zero-order valence-corrected chi connectivity index (χ0v) is 13.7. The molecule has 1 heterocycles. The monoisotopic (exact) mass is 329 g/mol. The Morgan fingerprint density at radius 2 is 1.91 bits per heavy atom. The Labute approximate surface area is 135 Å². The molecule has 8 heteroatoms. The summed E-state index contributed by atoms with van der Waals surface area (Å²) in [5.41, 5.74) is 0. The first-order chi connectivity index (χ1) is 10.5. The molecule has 0 aromatic carbocycles. The molecule has 1 fully saturated rings. The Morgan fingerprint density at radius 1 is 1.18 bits per heavy atom. The Hall–Kier alpha value is -1.57. The van der Waals surface area contributed by atoms with Gasteiger partial charge in [-0.15, -0.1) is 0 Å².